The summed E-state index contributed by atoms with van der Waals surface area (Å²) in [4.78, 5) is 15.4. The smallest absolute Gasteiger partial charge is 0.225 e. The van der Waals surface area contributed by atoms with Gasteiger partial charge in [0.05, 0.1) is 0 Å². The van der Waals surface area contributed by atoms with Crippen LogP contribution in [0.15, 0.2) is 35.6 Å². The van der Waals surface area contributed by atoms with Gasteiger partial charge in [-0.2, -0.15) is 0 Å². The molecule has 134 valence electrons. The zero-order valence-corrected chi connectivity index (χ0v) is 15.6. The molecule has 0 spiro atoms. The van der Waals surface area contributed by atoms with Crippen LogP contribution in [0.4, 0.5) is 10.3 Å². The van der Waals surface area contributed by atoms with Gasteiger partial charge in [0, 0.05) is 55.3 Å². The van der Waals surface area contributed by atoms with Crippen LogP contribution in [-0.2, 0) is 6.42 Å². The minimum Gasteiger partial charge on any atom is -0.341 e. The molecular weight excluding hydrogens is 315 g/mol. The molecule has 4 nitrogen and oxygen atoms in total. The number of aryl methyl sites for hydroxylation is 1. The molecular formula is C20H27FN4. The van der Waals surface area contributed by atoms with E-state index >= 15 is 0 Å². The van der Waals surface area contributed by atoms with E-state index in [0.717, 1.165) is 31.8 Å². The van der Waals surface area contributed by atoms with Crippen molar-refractivity contribution in [2.24, 2.45) is 4.99 Å². The number of hydrogen-bond donors (Lipinski definition) is 0. The third-order valence-electron chi connectivity index (χ3n) is 4.24. The monoisotopic (exact) mass is 342 g/mol. The summed E-state index contributed by atoms with van der Waals surface area (Å²) in [5.74, 6) is 0.489. The first-order chi connectivity index (χ1) is 12.1. The molecule has 0 radical (unpaired) electrons. The Bertz CT molecular complexity index is 710. The average Bonchev–Trinajstić information content (AvgIpc) is 2.63. The number of halogens is 1. The molecule has 0 N–H and O–H groups in total. The van der Waals surface area contributed by atoms with Crippen LogP contribution >= 0.6 is 0 Å². The molecule has 25 heavy (non-hydrogen) atoms. The van der Waals surface area contributed by atoms with Crippen molar-refractivity contribution in [3.8, 4) is 11.1 Å². The van der Waals surface area contributed by atoms with Crippen LogP contribution in [0.3, 0.4) is 0 Å². The Morgan fingerprint density at radius 2 is 1.88 bits per heavy atom. The molecule has 2 rings (SSSR count). The predicted octanol–water partition coefficient (Wildman–Crippen LogP) is 4.54. The Balaban J connectivity index is 2.17. The second kappa shape index (κ2) is 9.25. The molecule has 0 saturated carbocycles. The summed E-state index contributed by atoms with van der Waals surface area (Å²) in [5, 5.41) is 0. The molecule has 0 amide bonds. The maximum Gasteiger partial charge on any atom is 0.225 e. The second-order valence-corrected chi connectivity index (χ2v) is 5.94. The van der Waals surface area contributed by atoms with Crippen molar-refractivity contribution in [2.45, 2.75) is 40.5 Å². The van der Waals surface area contributed by atoms with Crippen molar-refractivity contribution < 1.29 is 4.39 Å². The summed E-state index contributed by atoms with van der Waals surface area (Å²) in [7, 11) is 0. The Labute approximate surface area is 149 Å². The molecule has 1 aromatic heterocycles. The van der Waals surface area contributed by atoms with Gasteiger partial charge in [-0.25, -0.2) is 14.4 Å². The standard InChI is InChI=1S/C20H27FN4/c1-5-16-9-8-10-18(19(16)21)17-13-23-20(24-14-17)25(7-3)12-11-15(4)22-6-2/h8-10,13-14H,5-7,11-12H2,1-4H3/b22-15+. The predicted molar refractivity (Wildman–Crippen MR) is 103 cm³/mol. The van der Waals surface area contributed by atoms with Crippen LogP contribution in [0.1, 0.15) is 39.7 Å². The van der Waals surface area contributed by atoms with Crippen LogP contribution in [0, 0.1) is 5.82 Å². The van der Waals surface area contributed by atoms with Gasteiger partial charge in [0.2, 0.25) is 5.95 Å². The third kappa shape index (κ3) is 4.84. The Morgan fingerprint density at radius 3 is 2.48 bits per heavy atom. The first-order valence-electron chi connectivity index (χ1n) is 8.95. The normalized spacial score (nSPS) is 11.6. The molecule has 0 bridgehead atoms. The van der Waals surface area contributed by atoms with Crippen molar-refractivity contribution in [3.05, 3.63) is 42.0 Å². The van der Waals surface area contributed by atoms with Crippen molar-refractivity contribution >= 4 is 11.7 Å². The molecule has 0 saturated heterocycles. The van der Waals surface area contributed by atoms with E-state index in [1.54, 1.807) is 18.5 Å². The highest BCUT2D eigenvalue weighted by atomic mass is 19.1. The van der Waals surface area contributed by atoms with Crippen molar-refractivity contribution in [2.75, 3.05) is 24.5 Å². The lowest BCUT2D eigenvalue weighted by Gasteiger charge is -2.20. The molecule has 0 unspecified atom stereocenters. The number of rotatable bonds is 8. The summed E-state index contributed by atoms with van der Waals surface area (Å²) in [5.41, 5.74) is 3.11. The fourth-order valence-electron chi connectivity index (χ4n) is 2.74. The molecule has 0 fully saturated rings. The SMILES string of the molecule is CC/N=C(\C)CCN(CC)c1ncc(-c2cccc(CC)c2F)cn1. The lowest BCUT2D eigenvalue weighted by Crippen LogP contribution is -2.27. The minimum atomic E-state index is -0.180. The fraction of sp³-hybridized carbons (Fsp3) is 0.450. The summed E-state index contributed by atoms with van der Waals surface area (Å²) in [6.45, 7) is 10.6. The molecule has 1 heterocycles. The number of anilines is 1. The minimum absolute atomic E-state index is 0.180. The van der Waals surface area contributed by atoms with E-state index in [1.807, 2.05) is 32.9 Å². The molecule has 1 aromatic carbocycles. The van der Waals surface area contributed by atoms with E-state index < -0.39 is 0 Å². The van der Waals surface area contributed by atoms with Crippen molar-refractivity contribution in [1.29, 1.82) is 0 Å². The zero-order valence-electron chi connectivity index (χ0n) is 15.6. The van der Waals surface area contributed by atoms with Crippen LogP contribution < -0.4 is 4.90 Å². The molecule has 5 heteroatoms. The number of benzene rings is 1. The Kier molecular flexibility index (Phi) is 7.04. The van der Waals surface area contributed by atoms with E-state index in [-0.39, 0.29) is 5.82 Å². The van der Waals surface area contributed by atoms with E-state index in [0.29, 0.717) is 29.1 Å². The van der Waals surface area contributed by atoms with Gasteiger partial charge in [-0.05, 0) is 32.8 Å². The Hall–Kier alpha value is -2.30. The van der Waals surface area contributed by atoms with Crippen LogP contribution in [0.5, 0.6) is 0 Å². The van der Waals surface area contributed by atoms with Gasteiger partial charge < -0.3 is 4.90 Å². The Morgan fingerprint density at radius 1 is 1.16 bits per heavy atom. The average molecular weight is 342 g/mol. The highest BCUT2D eigenvalue weighted by molar-refractivity contribution is 5.82. The van der Waals surface area contributed by atoms with Crippen LogP contribution in [0.2, 0.25) is 0 Å². The summed E-state index contributed by atoms with van der Waals surface area (Å²) in [6.07, 6.45) is 4.96. The van der Waals surface area contributed by atoms with Gasteiger partial charge in [-0.3, -0.25) is 4.99 Å². The van der Waals surface area contributed by atoms with Gasteiger partial charge in [-0.15, -0.1) is 0 Å². The molecule has 0 aliphatic rings. The van der Waals surface area contributed by atoms with Gasteiger partial charge in [0.25, 0.3) is 0 Å². The highest BCUT2D eigenvalue weighted by Gasteiger charge is 2.12. The summed E-state index contributed by atoms with van der Waals surface area (Å²) < 4.78 is 14.5. The van der Waals surface area contributed by atoms with Gasteiger partial charge in [-0.1, -0.05) is 25.1 Å². The van der Waals surface area contributed by atoms with Crippen molar-refractivity contribution in [1.82, 2.24) is 9.97 Å². The number of aromatic nitrogens is 2. The molecule has 0 aliphatic carbocycles. The summed E-state index contributed by atoms with van der Waals surface area (Å²) >= 11 is 0. The lowest BCUT2D eigenvalue weighted by molar-refractivity contribution is 0.615. The molecule has 2 aromatic rings. The number of aliphatic imine (C=N–C) groups is 1. The van der Waals surface area contributed by atoms with E-state index in [9.17, 15) is 4.39 Å². The second-order valence-electron chi connectivity index (χ2n) is 5.94. The summed E-state index contributed by atoms with van der Waals surface area (Å²) in [6, 6.07) is 5.46. The van der Waals surface area contributed by atoms with Gasteiger partial charge >= 0.3 is 0 Å². The van der Waals surface area contributed by atoms with E-state index in [4.69, 9.17) is 0 Å². The molecule has 0 aliphatic heterocycles. The zero-order chi connectivity index (χ0) is 18.2. The largest absolute Gasteiger partial charge is 0.341 e. The maximum absolute atomic E-state index is 14.5. The quantitative estimate of drug-likeness (QED) is 0.661. The van der Waals surface area contributed by atoms with Gasteiger partial charge in [0.1, 0.15) is 5.82 Å². The van der Waals surface area contributed by atoms with Crippen LogP contribution in [0.25, 0.3) is 11.1 Å². The fourth-order valence-corrected chi connectivity index (χ4v) is 2.74. The molecule has 0 atom stereocenters. The van der Waals surface area contributed by atoms with E-state index in [2.05, 4.69) is 26.8 Å². The van der Waals surface area contributed by atoms with Gasteiger partial charge in [0.15, 0.2) is 0 Å². The lowest BCUT2D eigenvalue weighted by atomic mass is 10.0. The highest BCUT2D eigenvalue weighted by Crippen LogP contribution is 2.25. The topological polar surface area (TPSA) is 41.4 Å². The first kappa shape index (κ1) is 19.0. The number of hydrogen-bond acceptors (Lipinski definition) is 4. The van der Waals surface area contributed by atoms with Crippen molar-refractivity contribution in [3.63, 3.8) is 0 Å². The first-order valence-corrected chi connectivity index (χ1v) is 8.95. The van der Waals surface area contributed by atoms with E-state index in [1.165, 1.54) is 0 Å². The third-order valence-corrected chi connectivity index (χ3v) is 4.24. The maximum atomic E-state index is 14.5. The number of nitrogens with zero attached hydrogens (tertiary/aromatic N) is 4. The van der Waals surface area contributed by atoms with Crippen LogP contribution in [-0.4, -0.2) is 35.3 Å².